The van der Waals surface area contributed by atoms with Crippen molar-refractivity contribution in [2.24, 2.45) is 0 Å². The van der Waals surface area contributed by atoms with E-state index in [4.69, 9.17) is 11.6 Å². The van der Waals surface area contributed by atoms with Gasteiger partial charge in [0.1, 0.15) is 6.04 Å². The Hall–Kier alpha value is -1.27. The van der Waals surface area contributed by atoms with Crippen molar-refractivity contribution in [1.82, 2.24) is 10.4 Å². The Morgan fingerprint density at radius 2 is 1.91 bits per heavy atom. The SMILES string of the molecule is CC1(C)CC(=O)NN1C(CCCc1ccc(Cl)cc1)C(F)(F)F. The van der Waals surface area contributed by atoms with Crippen LogP contribution in [0.5, 0.6) is 0 Å². The third kappa shape index (κ3) is 4.61. The van der Waals surface area contributed by atoms with Crippen molar-refractivity contribution in [2.75, 3.05) is 0 Å². The molecule has 1 unspecified atom stereocenters. The lowest BCUT2D eigenvalue weighted by atomic mass is 9.97. The highest BCUT2D eigenvalue weighted by Crippen LogP contribution is 2.35. The maximum absolute atomic E-state index is 13.4. The molecular formula is C16H20ClF3N2O. The fourth-order valence-corrected chi connectivity index (χ4v) is 3.02. The summed E-state index contributed by atoms with van der Waals surface area (Å²) in [4.78, 5) is 11.5. The molecule has 7 heteroatoms. The third-order valence-corrected chi connectivity index (χ3v) is 4.29. The van der Waals surface area contributed by atoms with E-state index >= 15 is 0 Å². The number of hydrazine groups is 1. The van der Waals surface area contributed by atoms with E-state index in [2.05, 4.69) is 5.43 Å². The summed E-state index contributed by atoms with van der Waals surface area (Å²) in [6.07, 6.45) is -3.50. The smallest absolute Gasteiger partial charge is 0.288 e. The first-order valence-corrected chi connectivity index (χ1v) is 7.87. The molecule has 1 amide bonds. The van der Waals surface area contributed by atoms with Gasteiger partial charge < -0.3 is 0 Å². The zero-order valence-electron chi connectivity index (χ0n) is 13.1. The van der Waals surface area contributed by atoms with Gasteiger partial charge in [-0.3, -0.25) is 10.2 Å². The van der Waals surface area contributed by atoms with Crippen molar-refractivity contribution in [3.63, 3.8) is 0 Å². The lowest BCUT2D eigenvalue weighted by Crippen LogP contribution is -2.56. The number of nitrogens with zero attached hydrogens (tertiary/aromatic N) is 1. The molecule has 0 aromatic heterocycles. The molecule has 0 aliphatic carbocycles. The molecule has 1 aromatic carbocycles. The van der Waals surface area contributed by atoms with Crippen molar-refractivity contribution in [1.29, 1.82) is 0 Å². The molecule has 2 rings (SSSR count). The van der Waals surface area contributed by atoms with Crippen LogP contribution in [0.4, 0.5) is 13.2 Å². The first-order valence-electron chi connectivity index (χ1n) is 7.49. The molecule has 1 fully saturated rings. The number of hydrogen-bond acceptors (Lipinski definition) is 2. The maximum atomic E-state index is 13.4. The molecule has 1 heterocycles. The monoisotopic (exact) mass is 348 g/mol. The normalized spacial score (nSPS) is 19.7. The molecular weight excluding hydrogens is 329 g/mol. The van der Waals surface area contributed by atoms with Gasteiger partial charge in [-0.1, -0.05) is 23.7 Å². The third-order valence-electron chi connectivity index (χ3n) is 4.04. The molecule has 0 radical (unpaired) electrons. The van der Waals surface area contributed by atoms with Crippen LogP contribution in [-0.2, 0) is 11.2 Å². The van der Waals surface area contributed by atoms with E-state index in [9.17, 15) is 18.0 Å². The van der Waals surface area contributed by atoms with Gasteiger partial charge in [-0.05, 0) is 50.8 Å². The first-order chi connectivity index (χ1) is 10.6. The number of amides is 1. The van der Waals surface area contributed by atoms with Crippen molar-refractivity contribution in [3.05, 3.63) is 34.9 Å². The number of carbonyl (C=O) groups is 1. The fraction of sp³-hybridized carbons (Fsp3) is 0.562. The van der Waals surface area contributed by atoms with Gasteiger partial charge in [-0.2, -0.15) is 13.2 Å². The summed E-state index contributed by atoms with van der Waals surface area (Å²) in [5.41, 5.74) is 2.46. The predicted molar refractivity (Wildman–Crippen MR) is 82.9 cm³/mol. The number of benzene rings is 1. The molecule has 1 N–H and O–H groups in total. The maximum Gasteiger partial charge on any atom is 0.405 e. The van der Waals surface area contributed by atoms with E-state index in [1.54, 1.807) is 26.0 Å². The molecule has 3 nitrogen and oxygen atoms in total. The van der Waals surface area contributed by atoms with Crippen LogP contribution in [0.15, 0.2) is 24.3 Å². The minimum Gasteiger partial charge on any atom is -0.288 e. The molecule has 0 saturated carbocycles. The number of nitrogens with one attached hydrogen (secondary N) is 1. The second kappa shape index (κ2) is 6.69. The summed E-state index contributed by atoms with van der Waals surface area (Å²) >= 11 is 5.79. The Bertz CT molecular complexity index is 557. The van der Waals surface area contributed by atoms with Gasteiger partial charge in [0.15, 0.2) is 0 Å². The van der Waals surface area contributed by atoms with E-state index < -0.39 is 17.8 Å². The molecule has 1 saturated heterocycles. The minimum atomic E-state index is -4.39. The van der Waals surface area contributed by atoms with Crippen LogP contribution in [0.25, 0.3) is 0 Å². The Morgan fingerprint density at radius 3 is 2.39 bits per heavy atom. The summed E-state index contributed by atoms with van der Waals surface area (Å²) in [6, 6.07) is 5.39. The van der Waals surface area contributed by atoms with Gasteiger partial charge in [0, 0.05) is 17.0 Å². The van der Waals surface area contributed by atoms with Crippen LogP contribution in [0.1, 0.15) is 38.7 Å². The molecule has 0 bridgehead atoms. The number of rotatable bonds is 5. The van der Waals surface area contributed by atoms with Gasteiger partial charge in [-0.15, -0.1) is 0 Å². The van der Waals surface area contributed by atoms with Crippen LogP contribution < -0.4 is 5.43 Å². The summed E-state index contributed by atoms with van der Waals surface area (Å²) in [7, 11) is 0. The van der Waals surface area contributed by atoms with Crippen molar-refractivity contribution in [3.8, 4) is 0 Å². The second-order valence-electron chi connectivity index (χ2n) is 6.47. The fourth-order valence-electron chi connectivity index (χ4n) is 2.89. The first kappa shape index (κ1) is 18.1. The zero-order chi connectivity index (χ0) is 17.3. The van der Waals surface area contributed by atoms with Gasteiger partial charge in [0.2, 0.25) is 5.91 Å². The Balaban J connectivity index is 2.02. The Kier molecular flexibility index (Phi) is 5.26. The molecule has 128 valence electrons. The highest BCUT2D eigenvalue weighted by Gasteiger charge is 2.51. The van der Waals surface area contributed by atoms with E-state index in [1.807, 2.05) is 12.1 Å². The molecule has 1 aromatic rings. The molecule has 1 aliphatic heterocycles. The van der Waals surface area contributed by atoms with Crippen molar-refractivity contribution in [2.45, 2.75) is 57.3 Å². The van der Waals surface area contributed by atoms with Gasteiger partial charge in [0.25, 0.3) is 0 Å². The standard InChI is InChI=1S/C16H20ClF3N2O/c1-15(2)10-14(23)21-22(15)13(16(18,19)20)5-3-4-11-6-8-12(17)9-7-11/h6-9,13H,3-5,10H2,1-2H3,(H,21,23). The zero-order valence-corrected chi connectivity index (χ0v) is 13.8. The number of alkyl halides is 3. The summed E-state index contributed by atoms with van der Waals surface area (Å²) in [6.45, 7) is 3.28. The van der Waals surface area contributed by atoms with Gasteiger partial charge >= 0.3 is 6.18 Å². The van der Waals surface area contributed by atoms with E-state index in [1.165, 1.54) is 0 Å². The molecule has 0 spiro atoms. The molecule has 1 atom stereocenters. The Morgan fingerprint density at radius 1 is 1.30 bits per heavy atom. The topological polar surface area (TPSA) is 32.3 Å². The van der Waals surface area contributed by atoms with Gasteiger partial charge in [-0.25, -0.2) is 5.01 Å². The summed E-state index contributed by atoms with van der Waals surface area (Å²) in [5, 5.41) is 1.67. The predicted octanol–water partition coefficient (Wildman–Crippen LogP) is 4.11. The highest BCUT2D eigenvalue weighted by molar-refractivity contribution is 6.30. The molecule has 1 aliphatic rings. The quantitative estimate of drug-likeness (QED) is 0.868. The molecule has 23 heavy (non-hydrogen) atoms. The van der Waals surface area contributed by atoms with Crippen LogP contribution in [0.2, 0.25) is 5.02 Å². The number of hydrogen-bond donors (Lipinski definition) is 1. The van der Waals surface area contributed by atoms with Gasteiger partial charge in [0.05, 0.1) is 0 Å². The summed E-state index contributed by atoms with van der Waals surface area (Å²) < 4.78 is 40.2. The van der Waals surface area contributed by atoms with Crippen molar-refractivity contribution >= 4 is 17.5 Å². The highest BCUT2D eigenvalue weighted by atomic mass is 35.5. The summed E-state index contributed by atoms with van der Waals surface area (Å²) in [5.74, 6) is -0.373. The number of carbonyl (C=O) groups excluding carboxylic acids is 1. The van der Waals surface area contributed by atoms with E-state index in [0.29, 0.717) is 17.9 Å². The average molecular weight is 349 g/mol. The average Bonchev–Trinajstić information content (AvgIpc) is 2.68. The van der Waals surface area contributed by atoms with E-state index in [-0.39, 0.29) is 18.7 Å². The Labute approximate surface area is 138 Å². The largest absolute Gasteiger partial charge is 0.405 e. The number of aryl methyl sites for hydroxylation is 1. The van der Waals surface area contributed by atoms with Crippen LogP contribution in [0.3, 0.4) is 0 Å². The van der Waals surface area contributed by atoms with Crippen molar-refractivity contribution < 1.29 is 18.0 Å². The van der Waals surface area contributed by atoms with Crippen LogP contribution in [0, 0.1) is 0 Å². The number of halogens is 4. The lowest BCUT2D eigenvalue weighted by Gasteiger charge is -2.37. The van der Waals surface area contributed by atoms with E-state index in [0.717, 1.165) is 10.6 Å². The lowest BCUT2D eigenvalue weighted by molar-refractivity contribution is -0.202. The van der Waals surface area contributed by atoms with Crippen LogP contribution >= 0.6 is 11.6 Å². The second-order valence-corrected chi connectivity index (χ2v) is 6.91. The van der Waals surface area contributed by atoms with Crippen LogP contribution in [-0.4, -0.2) is 28.7 Å². The minimum absolute atomic E-state index is 0.0662.